The van der Waals surface area contributed by atoms with Crippen LogP contribution in [0.5, 0.6) is 0 Å². The number of hydrogen-bond acceptors (Lipinski definition) is 4. The molecule has 0 aliphatic heterocycles. The van der Waals surface area contributed by atoms with Gasteiger partial charge in [-0.3, -0.25) is 0 Å². The van der Waals surface area contributed by atoms with Gasteiger partial charge in [-0.1, -0.05) is 0 Å². The van der Waals surface area contributed by atoms with Gasteiger partial charge in [-0.15, -0.1) is 0 Å². The van der Waals surface area contributed by atoms with Crippen molar-refractivity contribution >= 4 is 32.9 Å². The van der Waals surface area contributed by atoms with Crippen LogP contribution in [0.25, 0.3) is 11.0 Å². The molecule has 100 valence electrons. The van der Waals surface area contributed by atoms with Gasteiger partial charge in [0.15, 0.2) is 11.2 Å². The highest BCUT2D eigenvalue weighted by molar-refractivity contribution is 9.10. The van der Waals surface area contributed by atoms with E-state index in [1.165, 1.54) is 0 Å². The fourth-order valence-electron chi connectivity index (χ4n) is 2.47. The third-order valence-electron chi connectivity index (χ3n) is 3.63. The Hall–Kier alpha value is -1.43. The van der Waals surface area contributed by atoms with Crippen molar-refractivity contribution in [3.05, 3.63) is 22.9 Å². The fraction of sp³-hybridized carbons (Fsp3) is 0.462. The number of ether oxygens (including phenoxy) is 1. The Balaban J connectivity index is 2.11. The number of fused-ring (bicyclic) bond motifs is 1. The summed E-state index contributed by atoms with van der Waals surface area (Å²) in [6.45, 7) is 2.21. The average Bonchev–Trinajstić information content (AvgIpc) is 2.72. The van der Waals surface area contributed by atoms with Gasteiger partial charge in [0.25, 0.3) is 0 Å². The van der Waals surface area contributed by atoms with Crippen molar-refractivity contribution < 1.29 is 9.53 Å². The Morgan fingerprint density at radius 1 is 1.53 bits per heavy atom. The number of esters is 1. The second-order valence-electron chi connectivity index (χ2n) is 4.71. The summed E-state index contributed by atoms with van der Waals surface area (Å²) in [5.41, 5.74) is 0.0630. The molecule has 19 heavy (non-hydrogen) atoms. The second-order valence-corrected chi connectivity index (χ2v) is 5.52. The minimum atomic E-state index is -0.661. The molecule has 2 heterocycles. The summed E-state index contributed by atoms with van der Waals surface area (Å²) in [4.78, 5) is 16.7. The Labute approximate surface area is 119 Å². The molecule has 1 fully saturated rings. The summed E-state index contributed by atoms with van der Waals surface area (Å²) < 4.78 is 7.68. The van der Waals surface area contributed by atoms with Crippen LogP contribution >= 0.6 is 15.9 Å². The number of aromatic nitrogens is 3. The van der Waals surface area contributed by atoms with E-state index in [0.29, 0.717) is 6.61 Å². The minimum absolute atomic E-state index is 0.201. The Morgan fingerprint density at radius 2 is 2.32 bits per heavy atom. The van der Waals surface area contributed by atoms with Gasteiger partial charge in [0.1, 0.15) is 4.60 Å². The average molecular weight is 324 g/mol. The number of pyridine rings is 1. The third-order valence-corrected chi connectivity index (χ3v) is 4.07. The van der Waals surface area contributed by atoms with Crippen molar-refractivity contribution in [1.82, 2.24) is 14.8 Å². The third kappa shape index (κ3) is 1.85. The molecule has 6 heteroatoms. The quantitative estimate of drug-likeness (QED) is 0.643. The van der Waals surface area contributed by atoms with Gasteiger partial charge in [-0.25, -0.2) is 14.5 Å². The van der Waals surface area contributed by atoms with Gasteiger partial charge >= 0.3 is 5.97 Å². The van der Waals surface area contributed by atoms with Crippen LogP contribution in [0.3, 0.4) is 0 Å². The lowest BCUT2D eigenvalue weighted by atomic mass is 9.77. The van der Waals surface area contributed by atoms with Crippen LogP contribution in [0, 0.1) is 0 Å². The van der Waals surface area contributed by atoms with E-state index in [4.69, 9.17) is 4.74 Å². The molecule has 1 saturated carbocycles. The van der Waals surface area contributed by atoms with E-state index in [9.17, 15) is 4.79 Å². The molecule has 0 saturated heterocycles. The number of rotatable bonds is 3. The van der Waals surface area contributed by atoms with Crippen molar-refractivity contribution in [2.45, 2.75) is 31.7 Å². The second kappa shape index (κ2) is 4.59. The van der Waals surface area contributed by atoms with E-state index in [0.717, 1.165) is 34.9 Å². The zero-order valence-corrected chi connectivity index (χ0v) is 12.2. The first kappa shape index (κ1) is 12.6. The van der Waals surface area contributed by atoms with Crippen LogP contribution < -0.4 is 0 Å². The van der Waals surface area contributed by atoms with Crippen molar-refractivity contribution in [1.29, 1.82) is 0 Å². The number of halogens is 1. The molecular weight excluding hydrogens is 310 g/mol. The van der Waals surface area contributed by atoms with Crippen molar-refractivity contribution in [3.8, 4) is 0 Å². The number of hydrogen-bond donors (Lipinski definition) is 0. The maximum Gasteiger partial charge on any atom is 0.334 e. The zero-order chi connectivity index (χ0) is 13.5. The van der Waals surface area contributed by atoms with Gasteiger partial charge in [-0.05, 0) is 54.2 Å². The van der Waals surface area contributed by atoms with Crippen LogP contribution in [0.1, 0.15) is 26.2 Å². The first-order valence-electron chi connectivity index (χ1n) is 6.35. The molecule has 0 spiro atoms. The normalized spacial score (nSPS) is 17.2. The summed E-state index contributed by atoms with van der Waals surface area (Å²) in [7, 11) is 0. The van der Waals surface area contributed by atoms with Crippen LogP contribution in [0.15, 0.2) is 22.9 Å². The smallest absolute Gasteiger partial charge is 0.334 e. The molecule has 0 atom stereocenters. The fourth-order valence-corrected chi connectivity index (χ4v) is 2.77. The maximum absolute atomic E-state index is 12.3. The highest BCUT2D eigenvalue weighted by atomic mass is 79.9. The molecule has 1 aliphatic carbocycles. The van der Waals surface area contributed by atoms with E-state index in [1.54, 1.807) is 10.9 Å². The van der Waals surface area contributed by atoms with Crippen LogP contribution in [-0.4, -0.2) is 27.3 Å². The zero-order valence-electron chi connectivity index (χ0n) is 10.6. The monoisotopic (exact) mass is 323 g/mol. The van der Waals surface area contributed by atoms with Crippen LogP contribution in [-0.2, 0) is 15.1 Å². The maximum atomic E-state index is 12.3. The molecule has 0 bridgehead atoms. The van der Waals surface area contributed by atoms with Crippen LogP contribution in [0.2, 0.25) is 0 Å². The van der Waals surface area contributed by atoms with Crippen LogP contribution in [0.4, 0.5) is 0 Å². The summed E-state index contributed by atoms with van der Waals surface area (Å²) in [6.07, 6.45) is 4.27. The van der Waals surface area contributed by atoms with E-state index < -0.39 is 5.54 Å². The lowest BCUT2D eigenvalue weighted by Gasteiger charge is -2.39. The van der Waals surface area contributed by atoms with E-state index in [-0.39, 0.29) is 5.97 Å². The molecule has 0 N–H and O–H groups in total. The molecule has 0 aromatic carbocycles. The number of nitrogens with zero attached hydrogens (tertiary/aromatic N) is 3. The molecule has 2 aromatic rings. The topological polar surface area (TPSA) is 57.0 Å². The Kier molecular flexibility index (Phi) is 3.05. The SMILES string of the molecule is CCOC(=O)C1(n2ncc3ccc(Br)nc32)CCC1. The molecule has 0 amide bonds. The van der Waals surface area contributed by atoms with Crippen molar-refractivity contribution in [3.63, 3.8) is 0 Å². The Bertz CT molecular complexity index is 634. The lowest BCUT2D eigenvalue weighted by molar-refractivity contribution is -0.159. The van der Waals surface area contributed by atoms with Gasteiger partial charge in [0.05, 0.1) is 12.8 Å². The highest BCUT2D eigenvalue weighted by Gasteiger charge is 2.49. The summed E-state index contributed by atoms with van der Waals surface area (Å²) in [6, 6.07) is 3.81. The Morgan fingerprint density at radius 3 is 2.95 bits per heavy atom. The summed E-state index contributed by atoms with van der Waals surface area (Å²) >= 11 is 3.36. The predicted octanol–water partition coefficient (Wildman–Crippen LogP) is 2.64. The van der Waals surface area contributed by atoms with Gasteiger partial charge < -0.3 is 4.74 Å². The molecule has 3 rings (SSSR count). The number of carbonyl (C=O) groups excluding carboxylic acids is 1. The molecule has 1 aliphatic rings. The van der Waals surface area contributed by atoms with Gasteiger partial charge in [0, 0.05) is 5.39 Å². The summed E-state index contributed by atoms with van der Waals surface area (Å²) in [5, 5.41) is 5.30. The van der Waals surface area contributed by atoms with Gasteiger partial charge in [-0.2, -0.15) is 5.10 Å². The summed E-state index contributed by atoms with van der Waals surface area (Å²) in [5.74, 6) is -0.201. The van der Waals surface area contributed by atoms with E-state index in [2.05, 4.69) is 26.0 Å². The molecule has 5 nitrogen and oxygen atoms in total. The molecule has 0 unspecified atom stereocenters. The lowest BCUT2D eigenvalue weighted by Crippen LogP contribution is -2.49. The first-order valence-corrected chi connectivity index (χ1v) is 7.15. The molecular formula is C13H14BrN3O2. The predicted molar refractivity (Wildman–Crippen MR) is 73.7 cm³/mol. The standard InChI is InChI=1S/C13H14BrN3O2/c1-2-19-12(18)13(6-3-7-13)17-11-9(8-15-17)4-5-10(14)16-11/h4-5,8H,2-3,6-7H2,1H3. The van der Waals surface area contributed by atoms with Gasteiger partial charge in [0.2, 0.25) is 0 Å². The molecule has 0 radical (unpaired) electrons. The van der Waals surface area contributed by atoms with Crippen molar-refractivity contribution in [2.24, 2.45) is 0 Å². The minimum Gasteiger partial charge on any atom is -0.464 e. The van der Waals surface area contributed by atoms with Crippen molar-refractivity contribution in [2.75, 3.05) is 6.61 Å². The van der Waals surface area contributed by atoms with E-state index in [1.807, 2.05) is 19.1 Å². The molecule has 2 aromatic heterocycles. The van der Waals surface area contributed by atoms with E-state index >= 15 is 0 Å². The highest BCUT2D eigenvalue weighted by Crippen LogP contribution is 2.41. The number of carbonyl (C=O) groups is 1. The first-order chi connectivity index (χ1) is 9.17. The largest absolute Gasteiger partial charge is 0.464 e.